The molecule has 0 fully saturated rings. The van der Waals surface area contributed by atoms with Gasteiger partial charge in [-0.15, -0.1) is 0 Å². The molecule has 2 heterocycles. The van der Waals surface area contributed by atoms with Crippen LogP contribution in [0.4, 0.5) is 34.1 Å². The normalized spacial score (nSPS) is 13.5. The highest BCUT2D eigenvalue weighted by Gasteiger charge is 2.19. The first kappa shape index (κ1) is 37.7. The van der Waals surface area contributed by atoms with Crippen LogP contribution in [0.3, 0.4) is 0 Å². The molecular formula is C80H56N4. The molecule has 396 valence electrons. The lowest BCUT2D eigenvalue weighted by Crippen LogP contribution is -2.09. The molecule has 0 unspecified atom stereocenters. The highest BCUT2D eigenvalue weighted by molar-refractivity contribution is 6.12. The van der Waals surface area contributed by atoms with Gasteiger partial charge >= 0.3 is 0 Å². The fourth-order valence-corrected chi connectivity index (χ4v) is 11.5. The Kier molecular flexibility index (Phi) is 9.73. The summed E-state index contributed by atoms with van der Waals surface area (Å²) in [4.78, 5) is 3.18. The zero-order valence-electron chi connectivity index (χ0n) is 58.1. The Morgan fingerprint density at radius 2 is 0.631 bits per heavy atom. The van der Waals surface area contributed by atoms with Crippen molar-refractivity contribution in [2.45, 2.75) is 0 Å². The Balaban J connectivity index is 0.000000160. The van der Waals surface area contributed by atoms with E-state index in [4.69, 9.17) is 15.1 Å². The van der Waals surface area contributed by atoms with E-state index in [-0.39, 0.29) is 58.9 Å². The number of hydrogen-bond acceptors (Lipinski definition) is 2. The van der Waals surface area contributed by atoms with Gasteiger partial charge in [-0.05, 0) is 177 Å². The second kappa shape index (κ2) is 21.7. The SMILES string of the molecule is [2H]c1c([2H])c(-c2ccc3c(c2)c2ccccc2n3-c2ccccc2)c([2H])c(N(c2ccccc2)c2ccc3ccccc3c2)c1[2H].[2H]c1c([2H])c([2H])c(N(c2ccc3ccccc3c2)c2c([2H])c([2H])c([2H])c(-c3ccc4c(c3)c3ccccc3n4-c3ccccc3)c2[2H])c([2H])c1[2H]. The number of nitrogens with zero attached hydrogens (tertiary/aromatic N) is 4. The van der Waals surface area contributed by atoms with Crippen molar-refractivity contribution in [1.82, 2.24) is 9.13 Å². The van der Waals surface area contributed by atoms with E-state index in [1.165, 1.54) is 4.90 Å². The van der Waals surface area contributed by atoms with Crippen LogP contribution in [0.1, 0.15) is 17.8 Å². The zero-order valence-corrected chi connectivity index (χ0v) is 45.1. The van der Waals surface area contributed by atoms with Crippen LogP contribution in [0.25, 0.3) is 98.8 Å². The lowest BCUT2D eigenvalue weighted by molar-refractivity contribution is 1.18. The molecule has 0 saturated carbocycles. The molecule has 0 spiro atoms. The van der Waals surface area contributed by atoms with Gasteiger partial charge in [-0.3, -0.25) is 0 Å². The smallest absolute Gasteiger partial charge is 0.0651 e. The van der Waals surface area contributed by atoms with Gasteiger partial charge in [-0.1, -0.05) is 206 Å². The van der Waals surface area contributed by atoms with Crippen molar-refractivity contribution >= 4 is 99.3 Å². The molecule has 16 rings (SSSR count). The number of rotatable bonds is 10. The first-order valence-corrected chi connectivity index (χ1v) is 27.7. The van der Waals surface area contributed by atoms with Crippen molar-refractivity contribution in [3.8, 4) is 33.6 Å². The average Bonchev–Trinajstić information content (AvgIpc) is 1.57. The van der Waals surface area contributed by atoms with E-state index in [0.29, 0.717) is 22.4 Å². The average molecular weight is 1090 g/mol. The second-order valence-electron chi connectivity index (χ2n) is 20.3. The largest absolute Gasteiger partial charge is 0.310 e. The molecule has 0 aliphatic heterocycles. The number of benzene rings is 14. The minimum atomic E-state index is -0.573. The van der Waals surface area contributed by atoms with E-state index in [1.807, 2.05) is 217 Å². The molecule has 2 aromatic heterocycles. The lowest BCUT2D eigenvalue weighted by Gasteiger charge is -2.26. The van der Waals surface area contributed by atoms with E-state index < -0.39 is 42.3 Å². The lowest BCUT2D eigenvalue weighted by atomic mass is 10.0. The highest BCUT2D eigenvalue weighted by Crippen LogP contribution is 2.42. The summed E-state index contributed by atoms with van der Waals surface area (Å²) in [5, 5.41) is 7.67. The molecule has 0 amide bonds. The van der Waals surface area contributed by atoms with E-state index in [1.54, 1.807) is 18.2 Å². The first-order chi connectivity index (χ1) is 47.1. The number of anilines is 6. The number of para-hydroxylation sites is 6. The maximum Gasteiger partial charge on any atom is 0.0651 e. The summed E-state index contributed by atoms with van der Waals surface area (Å²) in [7, 11) is 0. The first-order valence-electron chi connectivity index (χ1n) is 34.2. The Morgan fingerprint density at radius 3 is 1.12 bits per heavy atom. The summed E-state index contributed by atoms with van der Waals surface area (Å²) < 4.78 is 121. The Morgan fingerprint density at radius 1 is 0.238 bits per heavy atom. The highest BCUT2D eigenvalue weighted by atomic mass is 15.1. The van der Waals surface area contributed by atoms with E-state index in [0.717, 1.165) is 87.9 Å². The molecule has 0 N–H and O–H groups in total. The van der Waals surface area contributed by atoms with Crippen molar-refractivity contribution in [2.24, 2.45) is 0 Å². The van der Waals surface area contributed by atoms with Gasteiger partial charge in [-0.2, -0.15) is 0 Å². The summed E-state index contributed by atoms with van der Waals surface area (Å²) >= 11 is 0. The fraction of sp³-hybridized carbons (Fsp3) is 0. The molecule has 0 atom stereocenters. The molecule has 0 aliphatic carbocycles. The molecular weight excluding hydrogens is 1020 g/mol. The molecule has 16 aromatic rings. The van der Waals surface area contributed by atoms with Crippen LogP contribution in [-0.2, 0) is 0 Å². The van der Waals surface area contributed by atoms with Crippen LogP contribution < -0.4 is 9.80 Å². The fourth-order valence-electron chi connectivity index (χ4n) is 11.5. The van der Waals surface area contributed by atoms with E-state index in [9.17, 15) is 2.74 Å². The number of hydrogen-bond donors (Lipinski definition) is 0. The molecule has 84 heavy (non-hydrogen) atoms. The number of fused-ring (bicyclic) bond motifs is 8. The van der Waals surface area contributed by atoms with Gasteiger partial charge in [-0.25, -0.2) is 0 Å². The Bertz CT molecular complexity index is 5810. The van der Waals surface area contributed by atoms with E-state index >= 15 is 0 Å². The maximum absolute atomic E-state index is 9.63. The summed E-state index contributed by atoms with van der Waals surface area (Å²) in [6.45, 7) is 0. The molecule has 14 aromatic carbocycles. The summed E-state index contributed by atoms with van der Waals surface area (Å²) in [6.07, 6.45) is 0. The van der Waals surface area contributed by atoms with Crippen LogP contribution in [0, 0.1) is 0 Å². The third-order valence-corrected chi connectivity index (χ3v) is 15.3. The monoisotopic (exact) mass is 1090 g/mol. The zero-order chi connectivity index (χ0) is 67.1. The van der Waals surface area contributed by atoms with Crippen molar-refractivity contribution in [1.29, 1.82) is 0 Å². The molecule has 0 aliphatic rings. The second-order valence-corrected chi connectivity index (χ2v) is 20.3. The topological polar surface area (TPSA) is 16.3 Å². The van der Waals surface area contributed by atoms with Gasteiger partial charge in [0, 0.05) is 67.0 Å². The Labute approximate surface area is 507 Å². The van der Waals surface area contributed by atoms with Crippen molar-refractivity contribution < 1.29 is 17.8 Å². The van der Waals surface area contributed by atoms with Gasteiger partial charge < -0.3 is 18.9 Å². The third kappa shape index (κ3) is 9.28. The van der Waals surface area contributed by atoms with Crippen molar-refractivity contribution in [2.75, 3.05) is 9.80 Å². The third-order valence-electron chi connectivity index (χ3n) is 15.3. The molecule has 4 nitrogen and oxygen atoms in total. The molecule has 0 saturated heterocycles. The van der Waals surface area contributed by atoms with Crippen molar-refractivity contribution in [3.63, 3.8) is 0 Å². The predicted molar refractivity (Wildman–Crippen MR) is 357 cm³/mol. The summed E-state index contributed by atoms with van der Waals surface area (Å²) in [5.74, 6) is 0. The predicted octanol–water partition coefficient (Wildman–Crippen LogP) is 22.1. The molecule has 4 heteroatoms. The maximum atomic E-state index is 9.63. The summed E-state index contributed by atoms with van der Waals surface area (Å²) in [6, 6.07) is 79.8. The minimum Gasteiger partial charge on any atom is -0.310 e. The molecule has 0 radical (unpaired) electrons. The van der Waals surface area contributed by atoms with Crippen LogP contribution in [0.5, 0.6) is 0 Å². The van der Waals surface area contributed by atoms with Gasteiger partial charge in [0.25, 0.3) is 0 Å². The van der Waals surface area contributed by atoms with Crippen LogP contribution in [0.2, 0.25) is 0 Å². The van der Waals surface area contributed by atoms with E-state index in [2.05, 4.69) is 39.5 Å². The minimum absolute atomic E-state index is 0.0363. The van der Waals surface area contributed by atoms with Crippen LogP contribution in [-0.4, -0.2) is 9.13 Å². The van der Waals surface area contributed by atoms with Gasteiger partial charge in [0.15, 0.2) is 0 Å². The number of aromatic nitrogens is 2. The van der Waals surface area contributed by atoms with Crippen LogP contribution in [0.15, 0.2) is 339 Å². The Hall–Kier alpha value is -11.2. The molecule has 0 bridgehead atoms. The standard InChI is InChI=1S/2C40H28N2/c2*1-3-15-33(16-4-1)41(36-24-22-29-12-7-8-13-30(29)26-36)35-19-11-14-31(27-35)32-23-25-40-38(28-32)37-20-9-10-21-39(37)42(40)34-17-5-2-6-18-34/h2*1-28H/i1D,3D,4D,11D,14D,15D,16D,19D,27D;11D,14D,19D,27D. The van der Waals surface area contributed by atoms with Gasteiger partial charge in [0.1, 0.15) is 0 Å². The van der Waals surface area contributed by atoms with Crippen LogP contribution >= 0.6 is 0 Å². The summed E-state index contributed by atoms with van der Waals surface area (Å²) in [5.41, 5.74) is 9.24. The van der Waals surface area contributed by atoms with Crippen molar-refractivity contribution in [3.05, 3.63) is 339 Å². The quantitative estimate of drug-likeness (QED) is 0.136. The van der Waals surface area contributed by atoms with Gasteiger partial charge in [0.2, 0.25) is 0 Å². The van der Waals surface area contributed by atoms with Gasteiger partial charge in [0.05, 0.1) is 39.9 Å².